The molecule has 2 rings (SSSR count). The Morgan fingerprint density at radius 2 is 2.11 bits per heavy atom. The van der Waals surface area contributed by atoms with E-state index in [-0.39, 0.29) is 17.4 Å². The third-order valence-corrected chi connectivity index (χ3v) is 2.74. The van der Waals surface area contributed by atoms with Gasteiger partial charge in [-0.1, -0.05) is 15.9 Å². The molecule has 0 unspecified atom stereocenters. The molecule has 0 radical (unpaired) electrons. The summed E-state index contributed by atoms with van der Waals surface area (Å²) in [5.41, 5.74) is 0.468. The number of carbonyl (C=O) groups is 1. The standard InChI is InChI=1S/C13H9BrFNO2/c1-8(17)9-4-5-16-13(6-9)18-12-7-10(14)2-3-11(12)15/h2-7H,1H3. The number of rotatable bonds is 3. The summed E-state index contributed by atoms with van der Waals surface area (Å²) in [6.45, 7) is 1.44. The molecule has 0 amide bonds. The topological polar surface area (TPSA) is 39.2 Å². The number of carbonyl (C=O) groups excluding carboxylic acids is 1. The third kappa shape index (κ3) is 2.92. The molecule has 18 heavy (non-hydrogen) atoms. The predicted molar refractivity (Wildman–Crippen MR) is 68.4 cm³/mol. The van der Waals surface area contributed by atoms with Crippen molar-refractivity contribution in [3.63, 3.8) is 0 Å². The lowest BCUT2D eigenvalue weighted by Gasteiger charge is -2.06. The van der Waals surface area contributed by atoms with E-state index in [1.165, 1.54) is 31.3 Å². The maximum Gasteiger partial charge on any atom is 0.220 e. The van der Waals surface area contributed by atoms with Crippen molar-refractivity contribution in [3.05, 3.63) is 52.4 Å². The van der Waals surface area contributed by atoms with Crippen LogP contribution in [0.15, 0.2) is 41.0 Å². The van der Waals surface area contributed by atoms with Crippen molar-refractivity contribution in [1.29, 1.82) is 0 Å². The molecule has 0 aliphatic rings. The van der Waals surface area contributed by atoms with Crippen LogP contribution in [0.1, 0.15) is 17.3 Å². The van der Waals surface area contributed by atoms with Crippen LogP contribution in [-0.2, 0) is 0 Å². The highest BCUT2D eigenvalue weighted by atomic mass is 79.9. The molecule has 0 saturated carbocycles. The molecule has 0 spiro atoms. The van der Waals surface area contributed by atoms with Crippen LogP contribution in [0.3, 0.4) is 0 Å². The minimum absolute atomic E-state index is 0.0533. The fourth-order valence-electron chi connectivity index (χ4n) is 1.35. The zero-order valence-corrected chi connectivity index (χ0v) is 11.1. The summed E-state index contributed by atoms with van der Waals surface area (Å²) in [5.74, 6) is -0.359. The van der Waals surface area contributed by atoms with Gasteiger partial charge < -0.3 is 4.74 Å². The van der Waals surface area contributed by atoms with E-state index >= 15 is 0 Å². The lowest BCUT2D eigenvalue weighted by molar-refractivity contribution is 0.101. The lowest BCUT2D eigenvalue weighted by atomic mass is 10.2. The van der Waals surface area contributed by atoms with Gasteiger partial charge in [0.1, 0.15) is 0 Å². The molecule has 0 fully saturated rings. The average Bonchev–Trinajstić information content (AvgIpc) is 2.34. The largest absolute Gasteiger partial charge is 0.436 e. The number of halogens is 2. The van der Waals surface area contributed by atoms with Crippen molar-refractivity contribution in [1.82, 2.24) is 4.98 Å². The maximum atomic E-state index is 13.5. The molecule has 2 aromatic rings. The first-order valence-electron chi connectivity index (χ1n) is 5.16. The molecule has 0 aliphatic heterocycles. The Balaban J connectivity index is 2.31. The highest BCUT2D eigenvalue weighted by Crippen LogP contribution is 2.26. The van der Waals surface area contributed by atoms with E-state index in [0.717, 1.165) is 0 Å². The van der Waals surface area contributed by atoms with Crippen LogP contribution >= 0.6 is 15.9 Å². The summed E-state index contributed by atoms with van der Waals surface area (Å²) in [5, 5.41) is 0. The highest BCUT2D eigenvalue weighted by Gasteiger charge is 2.08. The second kappa shape index (κ2) is 5.27. The van der Waals surface area contributed by atoms with E-state index in [1.54, 1.807) is 12.1 Å². The maximum absolute atomic E-state index is 13.5. The Labute approximate surface area is 112 Å². The predicted octanol–water partition coefficient (Wildman–Crippen LogP) is 3.98. The van der Waals surface area contributed by atoms with Crippen molar-refractivity contribution < 1.29 is 13.9 Å². The van der Waals surface area contributed by atoms with Gasteiger partial charge >= 0.3 is 0 Å². The third-order valence-electron chi connectivity index (χ3n) is 2.25. The summed E-state index contributed by atoms with van der Waals surface area (Å²) in [6.07, 6.45) is 1.45. The normalized spacial score (nSPS) is 10.2. The van der Waals surface area contributed by atoms with Gasteiger partial charge in [0.25, 0.3) is 0 Å². The molecule has 0 saturated heterocycles. The molecule has 92 valence electrons. The first-order valence-corrected chi connectivity index (χ1v) is 5.95. The molecule has 0 N–H and O–H groups in total. The molecule has 1 aromatic heterocycles. The van der Waals surface area contributed by atoms with Crippen molar-refractivity contribution in [2.24, 2.45) is 0 Å². The number of nitrogens with zero attached hydrogens (tertiary/aromatic N) is 1. The number of benzene rings is 1. The summed E-state index contributed by atoms with van der Waals surface area (Å²) in [6, 6.07) is 7.41. The SMILES string of the molecule is CC(=O)c1ccnc(Oc2cc(Br)ccc2F)c1. The van der Waals surface area contributed by atoms with Gasteiger partial charge in [0.15, 0.2) is 17.3 Å². The van der Waals surface area contributed by atoms with Gasteiger partial charge in [-0.2, -0.15) is 0 Å². The van der Waals surface area contributed by atoms with Crippen molar-refractivity contribution in [2.75, 3.05) is 0 Å². The molecule has 5 heteroatoms. The molecular formula is C13H9BrFNO2. The molecular weight excluding hydrogens is 301 g/mol. The zero-order chi connectivity index (χ0) is 13.1. The first kappa shape index (κ1) is 12.7. The Morgan fingerprint density at radius 3 is 2.83 bits per heavy atom. The van der Waals surface area contributed by atoms with Crippen molar-refractivity contribution in [3.8, 4) is 11.6 Å². The zero-order valence-electron chi connectivity index (χ0n) is 9.48. The van der Waals surface area contributed by atoms with E-state index in [0.29, 0.717) is 10.0 Å². The van der Waals surface area contributed by atoms with Gasteiger partial charge in [-0.15, -0.1) is 0 Å². The van der Waals surface area contributed by atoms with Crippen LogP contribution in [0, 0.1) is 5.82 Å². The number of ether oxygens (including phenoxy) is 1. The quantitative estimate of drug-likeness (QED) is 0.805. The van der Waals surface area contributed by atoms with E-state index in [9.17, 15) is 9.18 Å². The number of hydrogen-bond donors (Lipinski definition) is 0. The number of aromatic nitrogens is 1. The molecule has 0 bridgehead atoms. The Kier molecular flexibility index (Phi) is 3.72. The summed E-state index contributed by atoms with van der Waals surface area (Å²) >= 11 is 3.23. The lowest BCUT2D eigenvalue weighted by Crippen LogP contribution is -1.95. The Bertz CT molecular complexity index is 601. The summed E-state index contributed by atoms with van der Waals surface area (Å²) in [7, 11) is 0. The molecule has 1 aromatic carbocycles. The van der Waals surface area contributed by atoms with E-state index in [4.69, 9.17) is 4.74 Å². The minimum Gasteiger partial charge on any atom is -0.436 e. The van der Waals surface area contributed by atoms with Gasteiger partial charge in [-0.05, 0) is 31.2 Å². The van der Waals surface area contributed by atoms with Gasteiger partial charge in [0, 0.05) is 22.3 Å². The molecule has 1 heterocycles. The second-order valence-electron chi connectivity index (χ2n) is 3.62. The summed E-state index contributed by atoms with van der Waals surface area (Å²) < 4.78 is 19.5. The van der Waals surface area contributed by atoms with E-state index in [1.807, 2.05) is 0 Å². The van der Waals surface area contributed by atoms with Crippen LogP contribution in [-0.4, -0.2) is 10.8 Å². The molecule has 0 aliphatic carbocycles. The number of hydrogen-bond acceptors (Lipinski definition) is 3. The van der Waals surface area contributed by atoms with Crippen LogP contribution in [0.25, 0.3) is 0 Å². The van der Waals surface area contributed by atoms with E-state index < -0.39 is 5.82 Å². The number of Topliss-reactive ketones (excluding diaryl/α,β-unsaturated/α-hetero) is 1. The van der Waals surface area contributed by atoms with Crippen LogP contribution in [0.2, 0.25) is 0 Å². The van der Waals surface area contributed by atoms with Crippen LogP contribution < -0.4 is 4.74 Å². The van der Waals surface area contributed by atoms with E-state index in [2.05, 4.69) is 20.9 Å². The monoisotopic (exact) mass is 309 g/mol. The number of pyridine rings is 1. The fourth-order valence-corrected chi connectivity index (χ4v) is 1.69. The molecule has 3 nitrogen and oxygen atoms in total. The second-order valence-corrected chi connectivity index (χ2v) is 4.53. The van der Waals surface area contributed by atoms with Crippen LogP contribution in [0.5, 0.6) is 11.6 Å². The number of ketones is 1. The van der Waals surface area contributed by atoms with Gasteiger partial charge in [0.05, 0.1) is 0 Å². The van der Waals surface area contributed by atoms with Gasteiger partial charge in [0.2, 0.25) is 5.88 Å². The average molecular weight is 310 g/mol. The summed E-state index contributed by atoms with van der Waals surface area (Å²) in [4.78, 5) is 15.1. The van der Waals surface area contributed by atoms with Gasteiger partial charge in [-0.3, -0.25) is 4.79 Å². The van der Waals surface area contributed by atoms with Crippen molar-refractivity contribution >= 4 is 21.7 Å². The van der Waals surface area contributed by atoms with Gasteiger partial charge in [-0.25, -0.2) is 9.37 Å². The Hall–Kier alpha value is -1.75. The smallest absolute Gasteiger partial charge is 0.220 e. The Morgan fingerprint density at radius 1 is 1.33 bits per heavy atom. The van der Waals surface area contributed by atoms with Crippen LogP contribution in [0.4, 0.5) is 4.39 Å². The first-order chi connectivity index (χ1) is 8.56. The minimum atomic E-state index is -0.492. The fraction of sp³-hybridized carbons (Fsp3) is 0.0769. The molecule has 0 atom stereocenters. The highest BCUT2D eigenvalue weighted by molar-refractivity contribution is 9.10. The van der Waals surface area contributed by atoms with Crippen molar-refractivity contribution in [2.45, 2.75) is 6.92 Å².